The van der Waals surface area contributed by atoms with Crippen molar-refractivity contribution in [2.45, 2.75) is 31.1 Å². The van der Waals surface area contributed by atoms with Gasteiger partial charge in [-0.15, -0.1) is 11.8 Å². The Kier molecular flexibility index (Phi) is 4.92. The van der Waals surface area contributed by atoms with Crippen LogP contribution < -0.4 is 10.2 Å². The number of hydrogen-bond donors (Lipinski definition) is 1. The van der Waals surface area contributed by atoms with Gasteiger partial charge in [-0.25, -0.2) is 0 Å². The van der Waals surface area contributed by atoms with Crippen LogP contribution in [-0.2, 0) is 10.5 Å². The molecule has 2 bridgehead atoms. The van der Waals surface area contributed by atoms with Crippen molar-refractivity contribution in [1.82, 2.24) is 4.98 Å². The summed E-state index contributed by atoms with van der Waals surface area (Å²) in [5.74, 6) is 2.22. The summed E-state index contributed by atoms with van der Waals surface area (Å²) in [4.78, 5) is 18.6. The molecule has 0 radical (unpaired) electrons. The van der Waals surface area contributed by atoms with E-state index >= 15 is 0 Å². The van der Waals surface area contributed by atoms with Crippen LogP contribution in [0.3, 0.4) is 0 Å². The topological polar surface area (TPSA) is 45.2 Å². The lowest BCUT2D eigenvalue weighted by atomic mass is 10.1. The summed E-state index contributed by atoms with van der Waals surface area (Å²) in [7, 11) is 0. The number of rotatable bonds is 6. The molecule has 1 aliphatic carbocycles. The van der Waals surface area contributed by atoms with Gasteiger partial charge in [-0.05, 0) is 67.1 Å². The number of thioether (sulfide) groups is 1. The summed E-state index contributed by atoms with van der Waals surface area (Å²) in [5, 5.41) is 2.99. The number of benzene rings is 1. The Labute approximate surface area is 153 Å². The highest BCUT2D eigenvalue weighted by atomic mass is 32.2. The van der Waals surface area contributed by atoms with Crippen molar-refractivity contribution in [3.63, 3.8) is 0 Å². The lowest BCUT2D eigenvalue weighted by Crippen LogP contribution is -2.31. The average Bonchev–Trinajstić information content (AvgIpc) is 3.27. The van der Waals surface area contributed by atoms with Gasteiger partial charge in [0.2, 0.25) is 5.91 Å². The van der Waals surface area contributed by atoms with Crippen molar-refractivity contribution in [1.29, 1.82) is 0 Å². The van der Waals surface area contributed by atoms with Crippen LogP contribution in [0.4, 0.5) is 11.4 Å². The lowest BCUT2D eigenvalue weighted by Gasteiger charge is -2.29. The van der Waals surface area contributed by atoms with Crippen molar-refractivity contribution in [2.24, 2.45) is 5.92 Å². The van der Waals surface area contributed by atoms with Gasteiger partial charge in [0.25, 0.3) is 0 Å². The Balaban J connectivity index is 1.25. The van der Waals surface area contributed by atoms with Crippen LogP contribution in [0.1, 0.15) is 24.8 Å². The molecule has 5 heteroatoms. The largest absolute Gasteiger partial charge is 0.368 e. The van der Waals surface area contributed by atoms with Crippen LogP contribution in [0.5, 0.6) is 0 Å². The molecule has 2 fully saturated rings. The van der Waals surface area contributed by atoms with Crippen LogP contribution >= 0.6 is 11.8 Å². The van der Waals surface area contributed by atoms with Crippen LogP contribution in [0.2, 0.25) is 0 Å². The second kappa shape index (κ2) is 7.48. The van der Waals surface area contributed by atoms with Crippen molar-refractivity contribution in [2.75, 3.05) is 22.5 Å². The van der Waals surface area contributed by atoms with Gasteiger partial charge in [0, 0.05) is 42.1 Å². The first-order valence-electron chi connectivity index (χ1n) is 8.91. The zero-order valence-corrected chi connectivity index (χ0v) is 15.0. The van der Waals surface area contributed by atoms with E-state index < -0.39 is 0 Å². The maximum absolute atomic E-state index is 12.1. The molecule has 2 aromatic rings. The highest BCUT2D eigenvalue weighted by Gasteiger charge is 2.37. The van der Waals surface area contributed by atoms with E-state index in [9.17, 15) is 4.79 Å². The number of fused-ring (bicyclic) bond motifs is 2. The molecule has 1 saturated carbocycles. The molecule has 4 nitrogen and oxygen atoms in total. The molecule has 1 amide bonds. The predicted molar refractivity (Wildman–Crippen MR) is 104 cm³/mol. The molecule has 1 N–H and O–H groups in total. The van der Waals surface area contributed by atoms with Gasteiger partial charge in [-0.1, -0.05) is 0 Å². The number of hydrogen-bond acceptors (Lipinski definition) is 4. The molecule has 1 saturated heterocycles. The molecule has 2 aliphatic rings. The van der Waals surface area contributed by atoms with Crippen LogP contribution in [0.25, 0.3) is 0 Å². The molecule has 0 spiro atoms. The zero-order chi connectivity index (χ0) is 17.1. The number of aromatic nitrogens is 1. The first-order valence-corrected chi connectivity index (χ1v) is 10.1. The third-order valence-corrected chi connectivity index (χ3v) is 6.15. The van der Waals surface area contributed by atoms with Crippen molar-refractivity contribution in [3.05, 3.63) is 54.4 Å². The Morgan fingerprint density at radius 2 is 1.96 bits per heavy atom. The number of piperidine rings is 1. The van der Waals surface area contributed by atoms with Crippen LogP contribution in [0.15, 0.2) is 48.8 Å². The SMILES string of the molecule is O=C(CSCc1ccncc1)Nc1ccc(N2CC3CCC2C3)cc1. The highest BCUT2D eigenvalue weighted by Crippen LogP contribution is 2.40. The minimum atomic E-state index is 0.0482. The van der Waals surface area contributed by atoms with Gasteiger partial charge in [0.15, 0.2) is 0 Å². The fraction of sp³-hybridized carbons (Fsp3) is 0.400. The Morgan fingerprint density at radius 1 is 1.16 bits per heavy atom. The molecule has 4 rings (SSSR count). The van der Waals surface area contributed by atoms with Crippen LogP contribution in [0, 0.1) is 5.92 Å². The summed E-state index contributed by atoms with van der Waals surface area (Å²) in [6.45, 7) is 1.20. The maximum Gasteiger partial charge on any atom is 0.234 e. The van der Waals surface area contributed by atoms with E-state index in [1.165, 1.54) is 37.1 Å². The van der Waals surface area contributed by atoms with E-state index in [2.05, 4.69) is 27.3 Å². The molecular formula is C20H23N3OS. The lowest BCUT2D eigenvalue weighted by molar-refractivity contribution is -0.113. The summed E-state index contributed by atoms with van der Waals surface area (Å²) in [6.07, 6.45) is 7.64. The summed E-state index contributed by atoms with van der Waals surface area (Å²) < 4.78 is 0. The monoisotopic (exact) mass is 353 g/mol. The Bertz CT molecular complexity index is 719. The van der Waals surface area contributed by atoms with Gasteiger partial charge in [0.1, 0.15) is 0 Å². The first kappa shape index (κ1) is 16.5. The summed E-state index contributed by atoms with van der Waals surface area (Å²) in [6, 6.07) is 13.0. The maximum atomic E-state index is 12.1. The van der Waals surface area contributed by atoms with E-state index in [-0.39, 0.29) is 5.91 Å². The smallest absolute Gasteiger partial charge is 0.234 e. The standard InChI is InChI=1S/C20H23N3OS/c24-20(14-25-13-15-7-9-21-10-8-15)22-17-2-5-18(6-3-17)23-12-16-1-4-19(23)11-16/h2-3,5-10,16,19H,1,4,11-14H2,(H,22,24). The normalized spacial score (nSPS) is 21.5. The van der Waals surface area contributed by atoms with Crippen molar-refractivity contribution >= 4 is 29.0 Å². The number of carbonyl (C=O) groups excluding carboxylic acids is 1. The van der Waals surface area contributed by atoms with E-state index in [1.807, 2.05) is 24.3 Å². The Morgan fingerprint density at radius 3 is 2.64 bits per heavy atom. The van der Waals surface area contributed by atoms with Gasteiger partial charge in [-0.3, -0.25) is 9.78 Å². The third kappa shape index (κ3) is 3.98. The quantitative estimate of drug-likeness (QED) is 0.854. The average molecular weight is 353 g/mol. The first-order chi connectivity index (χ1) is 12.3. The van der Waals surface area contributed by atoms with Gasteiger partial charge >= 0.3 is 0 Å². The summed E-state index contributed by atoms with van der Waals surface area (Å²) in [5.41, 5.74) is 3.36. The van der Waals surface area contributed by atoms with Gasteiger partial charge in [-0.2, -0.15) is 0 Å². The van der Waals surface area contributed by atoms with Crippen LogP contribution in [-0.4, -0.2) is 29.2 Å². The molecule has 2 heterocycles. The molecule has 25 heavy (non-hydrogen) atoms. The molecule has 2 atom stereocenters. The minimum absolute atomic E-state index is 0.0482. The predicted octanol–water partition coefficient (Wildman–Crippen LogP) is 3.94. The molecule has 2 unspecified atom stereocenters. The molecular weight excluding hydrogens is 330 g/mol. The minimum Gasteiger partial charge on any atom is -0.368 e. The zero-order valence-electron chi connectivity index (χ0n) is 14.2. The highest BCUT2D eigenvalue weighted by molar-refractivity contribution is 7.99. The molecule has 1 aliphatic heterocycles. The number of anilines is 2. The van der Waals surface area contributed by atoms with Crippen molar-refractivity contribution < 1.29 is 4.79 Å². The van der Waals surface area contributed by atoms with E-state index in [0.29, 0.717) is 5.75 Å². The third-order valence-electron chi connectivity index (χ3n) is 5.14. The number of nitrogens with zero attached hydrogens (tertiary/aromatic N) is 2. The second-order valence-corrected chi connectivity index (χ2v) is 7.91. The number of nitrogens with one attached hydrogen (secondary N) is 1. The fourth-order valence-corrected chi connectivity index (χ4v) is 4.70. The molecule has 1 aromatic heterocycles. The molecule has 130 valence electrons. The van der Waals surface area contributed by atoms with Gasteiger partial charge in [0.05, 0.1) is 5.75 Å². The van der Waals surface area contributed by atoms with E-state index in [1.54, 1.807) is 24.2 Å². The van der Waals surface area contributed by atoms with E-state index in [0.717, 1.165) is 23.4 Å². The fourth-order valence-electron chi connectivity index (χ4n) is 3.91. The second-order valence-electron chi connectivity index (χ2n) is 6.93. The van der Waals surface area contributed by atoms with E-state index in [4.69, 9.17) is 0 Å². The van der Waals surface area contributed by atoms with Gasteiger partial charge < -0.3 is 10.2 Å². The Hall–Kier alpha value is -2.01. The summed E-state index contributed by atoms with van der Waals surface area (Å²) >= 11 is 1.62. The number of amides is 1. The molecule has 1 aromatic carbocycles. The number of carbonyl (C=O) groups is 1. The van der Waals surface area contributed by atoms with Crippen molar-refractivity contribution in [3.8, 4) is 0 Å². The number of pyridine rings is 1.